The Morgan fingerprint density at radius 2 is 1.55 bits per heavy atom. The van der Waals surface area contributed by atoms with Gasteiger partial charge >= 0.3 is 6.18 Å². The van der Waals surface area contributed by atoms with Gasteiger partial charge in [-0.05, 0) is 35.6 Å². The number of hydrogen-bond acceptors (Lipinski definition) is 3. The summed E-state index contributed by atoms with van der Waals surface area (Å²) in [6.07, 6.45) is -3.77. The smallest absolute Gasteiger partial charge is 0.340 e. The van der Waals surface area contributed by atoms with Gasteiger partial charge in [-0.25, -0.2) is 8.42 Å². The fraction of sp³-hybridized carbons (Fsp3) is 0.409. The van der Waals surface area contributed by atoms with Crippen molar-refractivity contribution in [2.75, 3.05) is 26.2 Å². The standard InChI is InChI=1S/C22H23F3N2O3S/c23-22(24,25)18-8-6-17(7-9-18)19-14-20(19)21(28)26-10-12-27(13-11-26)31(29,30)15-16-4-2-1-3-5-16/h1-9,19-20H,10-15H2. The molecule has 2 fully saturated rings. The van der Waals surface area contributed by atoms with Crippen LogP contribution in [0.1, 0.15) is 29.0 Å². The summed E-state index contributed by atoms with van der Waals surface area (Å²) in [5.41, 5.74) is 0.751. The van der Waals surface area contributed by atoms with E-state index in [1.165, 1.54) is 16.4 Å². The molecule has 1 aliphatic heterocycles. The maximum absolute atomic E-state index is 12.8. The predicted molar refractivity (Wildman–Crippen MR) is 110 cm³/mol. The second-order valence-electron chi connectivity index (χ2n) is 8.03. The first kappa shape index (κ1) is 21.8. The Hall–Kier alpha value is -2.39. The molecule has 166 valence electrons. The molecule has 5 nitrogen and oxygen atoms in total. The van der Waals surface area contributed by atoms with Gasteiger partial charge in [-0.15, -0.1) is 0 Å². The van der Waals surface area contributed by atoms with E-state index in [-0.39, 0.29) is 36.6 Å². The number of alkyl halides is 3. The lowest BCUT2D eigenvalue weighted by atomic mass is 10.1. The minimum Gasteiger partial charge on any atom is -0.340 e. The van der Waals surface area contributed by atoms with E-state index in [1.54, 1.807) is 29.2 Å². The Balaban J connectivity index is 1.31. The average molecular weight is 452 g/mol. The minimum atomic E-state index is -4.38. The zero-order valence-electron chi connectivity index (χ0n) is 16.8. The molecule has 2 atom stereocenters. The number of rotatable bonds is 5. The molecule has 1 amide bonds. The molecule has 2 unspecified atom stereocenters. The van der Waals surface area contributed by atoms with Crippen LogP contribution >= 0.6 is 0 Å². The van der Waals surface area contributed by atoms with Crippen molar-refractivity contribution in [2.24, 2.45) is 5.92 Å². The quantitative estimate of drug-likeness (QED) is 0.698. The van der Waals surface area contributed by atoms with Crippen LogP contribution < -0.4 is 0 Å². The van der Waals surface area contributed by atoms with E-state index in [4.69, 9.17) is 0 Å². The molecular formula is C22H23F3N2O3S. The summed E-state index contributed by atoms with van der Waals surface area (Å²) in [6.45, 7) is 1.14. The van der Waals surface area contributed by atoms with Gasteiger partial charge in [0.15, 0.2) is 0 Å². The molecule has 0 spiro atoms. The number of nitrogens with zero attached hydrogens (tertiary/aromatic N) is 2. The van der Waals surface area contributed by atoms with Crippen molar-refractivity contribution in [3.63, 3.8) is 0 Å². The third kappa shape index (κ3) is 4.93. The Morgan fingerprint density at radius 1 is 0.935 bits per heavy atom. The van der Waals surface area contributed by atoms with Crippen molar-refractivity contribution in [3.8, 4) is 0 Å². The Kier molecular flexibility index (Phi) is 5.83. The molecule has 1 saturated heterocycles. The molecule has 0 aromatic heterocycles. The fourth-order valence-electron chi connectivity index (χ4n) is 4.05. The van der Waals surface area contributed by atoms with Crippen molar-refractivity contribution >= 4 is 15.9 Å². The predicted octanol–water partition coefficient (Wildman–Crippen LogP) is 3.48. The molecule has 31 heavy (non-hydrogen) atoms. The number of amides is 1. The van der Waals surface area contributed by atoms with Crippen LogP contribution in [0, 0.1) is 5.92 Å². The summed E-state index contributed by atoms with van der Waals surface area (Å²) in [6, 6.07) is 13.9. The highest BCUT2D eigenvalue weighted by atomic mass is 32.2. The van der Waals surface area contributed by atoms with Crippen molar-refractivity contribution in [1.82, 2.24) is 9.21 Å². The van der Waals surface area contributed by atoms with Crippen molar-refractivity contribution < 1.29 is 26.4 Å². The number of sulfonamides is 1. The highest BCUT2D eigenvalue weighted by molar-refractivity contribution is 7.88. The minimum absolute atomic E-state index is 0.0509. The number of hydrogen-bond donors (Lipinski definition) is 0. The van der Waals surface area contributed by atoms with Gasteiger partial charge in [0, 0.05) is 32.1 Å². The highest BCUT2D eigenvalue weighted by Crippen LogP contribution is 2.49. The second-order valence-corrected chi connectivity index (χ2v) is 10.0. The molecule has 1 saturated carbocycles. The van der Waals surface area contributed by atoms with Gasteiger partial charge in [0.25, 0.3) is 0 Å². The molecule has 0 bridgehead atoms. The highest BCUT2D eigenvalue weighted by Gasteiger charge is 2.46. The van der Waals surface area contributed by atoms with Crippen LogP contribution in [0.15, 0.2) is 54.6 Å². The summed E-state index contributed by atoms with van der Waals surface area (Å²) in [5, 5.41) is 0. The van der Waals surface area contributed by atoms with Crippen LogP contribution in [0.3, 0.4) is 0 Å². The van der Waals surface area contributed by atoms with Gasteiger partial charge in [-0.3, -0.25) is 4.79 Å². The summed E-state index contributed by atoms with van der Waals surface area (Å²) in [5.74, 6) is -0.440. The largest absolute Gasteiger partial charge is 0.416 e. The van der Waals surface area contributed by atoms with E-state index in [0.717, 1.165) is 23.3 Å². The summed E-state index contributed by atoms with van der Waals surface area (Å²) in [7, 11) is -3.46. The number of carbonyl (C=O) groups excluding carboxylic acids is 1. The van der Waals surface area contributed by atoms with Gasteiger partial charge in [-0.2, -0.15) is 17.5 Å². The van der Waals surface area contributed by atoms with Crippen LogP contribution in [0.25, 0.3) is 0 Å². The third-order valence-electron chi connectivity index (χ3n) is 5.91. The molecule has 0 N–H and O–H groups in total. The van der Waals surface area contributed by atoms with Crippen molar-refractivity contribution in [3.05, 3.63) is 71.3 Å². The van der Waals surface area contributed by atoms with E-state index >= 15 is 0 Å². The molecule has 2 aromatic carbocycles. The molecule has 1 aliphatic carbocycles. The normalized spacial score (nSPS) is 22.4. The third-order valence-corrected chi connectivity index (χ3v) is 7.76. The number of benzene rings is 2. The first-order valence-corrected chi connectivity index (χ1v) is 11.7. The molecule has 2 aliphatic rings. The Bertz CT molecular complexity index is 1030. The van der Waals surface area contributed by atoms with Gasteiger partial charge < -0.3 is 4.90 Å². The summed E-state index contributed by atoms with van der Waals surface area (Å²) in [4.78, 5) is 14.5. The van der Waals surface area contributed by atoms with Gasteiger partial charge in [0.1, 0.15) is 0 Å². The van der Waals surface area contributed by atoms with E-state index in [0.29, 0.717) is 19.5 Å². The number of halogens is 3. The number of piperazine rings is 1. The summed E-state index contributed by atoms with van der Waals surface area (Å²) >= 11 is 0. The van der Waals surface area contributed by atoms with Crippen molar-refractivity contribution in [1.29, 1.82) is 0 Å². The monoisotopic (exact) mass is 452 g/mol. The van der Waals surface area contributed by atoms with Crippen LogP contribution in [-0.4, -0.2) is 49.7 Å². The lowest BCUT2D eigenvalue weighted by molar-refractivity contribution is -0.137. The topological polar surface area (TPSA) is 57.7 Å². The first-order chi connectivity index (χ1) is 14.6. The van der Waals surface area contributed by atoms with E-state index in [1.807, 2.05) is 6.07 Å². The lowest BCUT2D eigenvalue weighted by Gasteiger charge is -2.34. The Morgan fingerprint density at radius 3 is 2.13 bits per heavy atom. The van der Waals surface area contributed by atoms with Crippen LogP contribution in [0.4, 0.5) is 13.2 Å². The van der Waals surface area contributed by atoms with Gasteiger partial charge in [-0.1, -0.05) is 42.5 Å². The van der Waals surface area contributed by atoms with Crippen molar-refractivity contribution in [2.45, 2.75) is 24.3 Å². The average Bonchev–Trinajstić information content (AvgIpc) is 3.54. The molecule has 2 aromatic rings. The molecule has 9 heteroatoms. The lowest BCUT2D eigenvalue weighted by Crippen LogP contribution is -2.51. The fourth-order valence-corrected chi connectivity index (χ4v) is 5.57. The van der Waals surface area contributed by atoms with E-state index in [9.17, 15) is 26.4 Å². The zero-order valence-corrected chi connectivity index (χ0v) is 17.6. The first-order valence-electron chi connectivity index (χ1n) is 10.1. The summed E-state index contributed by atoms with van der Waals surface area (Å²) < 4.78 is 64.9. The van der Waals surface area contributed by atoms with Crippen LogP contribution in [0.2, 0.25) is 0 Å². The molecular weight excluding hydrogens is 429 g/mol. The van der Waals surface area contributed by atoms with Gasteiger partial charge in [0.05, 0.1) is 11.3 Å². The second kappa shape index (κ2) is 8.27. The maximum Gasteiger partial charge on any atom is 0.416 e. The molecule has 1 heterocycles. The van der Waals surface area contributed by atoms with Crippen LogP contribution in [0.5, 0.6) is 0 Å². The Labute approximate surface area is 179 Å². The van der Waals surface area contributed by atoms with Crippen LogP contribution in [-0.2, 0) is 26.7 Å². The molecule has 4 rings (SSSR count). The molecule has 0 radical (unpaired) electrons. The number of carbonyl (C=O) groups is 1. The van der Waals surface area contributed by atoms with Gasteiger partial charge in [0.2, 0.25) is 15.9 Å². The zero-order chi connectivity index (χ0) is 22.2. The van der Waals surface area contributed by atoms with E-state index < -0.39 is 21.8 Å². The SMILES string of the molecule is O=C(C1CC1c1ccc(C(F)(F)F)cc1)N1CCN(S(=O)(=O)Cc2ccccc2)CC1. The van der Waals surface area contributed by atoms with E-state index in [2.05, 4.69) is 0 Å². The maximum atomic E-state index is 12.8.